The van der Waals surface area contributed by atoms with E-state index < -0.39 is 68.1 Å². The molecule has 0 bridgehead atoms. The summed E-state index contributed by atoms with van der Waals surface area (Å²) in [4.78, 5) is 54.5. The lowest BCUT2D eigenvalue weighted by Crippen LogP contribution is -2.63. The molecule has 9 heterocycles. The summed E-state index contributed by atoms with van der Waals surface area (Å²) in [5, 5.41) is 19.6. The zero-order valence-electron chi connectivity index (χ0n) is 96.3. The number of aryl methyl sites for hydroxylation is 1. The maximum Gasteiger partial charge on any atom is 0.469 e. The highest BCUT2D eigenvalue weighted by molar-refractivity contribution is 7.91. The predicted molar refractivity (Wildman–Crippen MR) is 583 cm³/mol. The number of alkyl halides is 3. The lowest BCUT2D eigenvalue weighted by Gasteiger charge is -2.57. The molecule has 1 aliphatic carbocycles. The van der Waals surface area contributed by atoms with Crippen LogP contribution in [0, 0.1) is 190 Å². The average molecular weight is 2060 g/mol. The van der Waals surface area contributed by atoms with Crippen molar-refractivity contribution in [2.24, 2.45) is 82.5 Å². The van der Waals surface area contributed by atoms with E-state index in [2.05, 4.69) is 233 Å². The van der Waals surface area contributed by atoms with Crippen molar-refractivity contribution in [2.45, 2.75) is 368 Å². The van der Waals surface area contributed by atoms with Crippen LogP contribution in [-0.4, -0.2) is 261 Å². The van der Waals surface area contributed by atoms with Gasteiger partial charge in [0.2, 0.25) is 11.6 Å². The number of hydrogen-bond acceptors (Lipinski definition) is 18. The van der Waals surface area contributed by atoms with Crippen LogP contribution in [0.3, 0.4) is 0 Å². The van der Waals surface area contributed by atoms with Crippen molar-refractivity contribution in [1.82, 2.24) is 29.5 Å². The van der Waals surface area contributed by atoms with Crippen LogP contribution in [0.4, 0.5) is 13.2 Å². The van der Waals surface area contributed by atoms with Crippen LogP contribution in [0.15, 0.2) is 18.2 Å². The van der Waals surface area contributed by atoms with Crippen LogP contribution in [0.5, 0.6) is 0 Å². The Morgan fingerprint density at radius 2 is 0.888 bits per heavy atom. The molecular weight excluding hydrogens is 1870 g/mol. The smallest absolute Gasteiger partial charge is 0.463 e. The molecule has 1 amide bonds. The normalized spacial score (nSPS) is 20.7. The number of aromatic nitrogens is 1. The number of phosphoric ester groups is 1. The van der Waals surface area contributed by atoms with Gasteiger partial charge >= 0.3 is 13.8 Å². The lowest BCUT2D eigenvalue weighted by atomic mass is 9.71. The van der Waals surface area contributed by atoms with Gasteiger partial charge in [-0.05, 0) is 318 Å². The zero-order valence-corrected chi connectivity index (χ0v) is 98.8. The first-order chi connectivity index (χ1) is 64.0. The van der Waals surface area contributed by atoms with Crippen molar-refractivity contribution in [1.29, 1.82) is 0 Å². The number of amides is 1. The molecule has 1 saturated carbocycles. The van der Waals surface area contributed by atoms with Crippen LogP contribution in [0.25, 0.3) is 0 Å². The van der Waals surface area contributed by atoms with E-state index in [9.17, 15) is 50.2 Å². The SMILES string of the molecule is CC(=O)N1CC(F)(C#CC(C)(C)C)C1.CC(C)(C)C#CC(C)(C)COP(=O)(O)O.CC(C)(C)C#CC(C)(C)N1CCOCC1.CC(C)(C)C#CC1(F)CN(CC2CC2)C1.CC(C)(C)C#CC1(O)CCS(=O)(=O)CC1.CC(C)(C)C#CC1(O)CS(=O)C1.CC(C)(C)N1CC2(CCOCC2)C1.CC(C)[C@H](N)C(=O)OCC(C)(C)C#CC(C)(C)C.CCN1CC(F)(C#CC(C)(C)C)C1.Cc1cccc(C#CC(C)(C)C)n1. The molecule has 1 spiro atoms. The van der Waals surface area contributed by atoms with Crippen LogP contribution in [0.2, 0.25) is 0 Å². The minimum Gasteiger partial charge on any atom is -0.463 e. The van der Waals surface area contributed by atoms with E-state index in [0.29, 0.717) is 48.6 Å². The molecule has 8 saturated heterocycles. The number of phosphoric acid groups is 1. The van der Waals surface area contributed by atoms with Gasteiger partial charge in [-0.15, -0.1) is 0 Å². The Labute approximate surface area is 870 Å². The summed E-state index contributed by atoms with van der Waals surface area (Å²) in [5.41, 5.74) is 1.01. The van der Waals surface area contributed by atoms with Crippen LogP contribution in [0.1, 0.15) is 327 Å². The number of ether oxygens (including phenoxy) is 3. The Morgan fingerprint density at radius 3 is 1.24 bits per heavy atom. The Kier molecular flexibility index (Phi) is 51.3. The van der Waals surface area contributed by atoms with E-state index in [1.165, 1.54) is 50.6 Å². The van der Waals surface area contributed by atoms with E-state index >= 15 is 0 Å². The summed E-state index contributed by atoms with van der Waals surface area (Å²) in [5.74, 6) is 54.9. The van der Waals surface area contributed by atoms with Crippen molar-refractivity contribution >= 4 is 40.3 Å². The van der Waals surface area contributed by atoms with Crippen molar-refractivity contribution in [3.63, 3.8) is 0 Å². The standard InChI is InChI=1S/C15H27NO2.C13H20FN.C13H23NO.C12H15N.C11H16FNO.C11H18FN.C11H21NO.C11H18O3S.C10H19O4P.C9H14O2S/c1-11(2)12(16)13(17)18-10-15(6,7)9-8-14(3,4)5;1-12(2,3)6-7-13(14)9-15(10-13)8-11-4-5-11;1-12(2,3)6-7-13(4,5)14-8-10-15-11-9-14;1-10-6-5-7-11(13-10)8-9-12(2,3)4;1-9(14)13-7-11(12,8-13)6-5-10(2,3)4;1-5-13-8-11(12,9-13)7-6-10(2,3)4;1-10(2,3)12-8-11(9-12)4-6-13-7-5-11;1-10(2,3)4-5-11(12)6-8-15(13,14)9-7-11;1-9(2,3)6-7-10(4,5)8-14-15(11,12)13;1-8(2,3)4-5-9(10)6-12(11)7-9/h11-12H,10,16H2,1-7H3;11H,4-5,8-10H2,1-3H3;8-11H2,1-5H3;5-7H,1-4H3;7-8H2,1-4H3;5,8-9H2,1-4H3;4-9H2,1-3H3;12H,6-9H2,1-3H3;8H2,1-5H3,(H2,11,12,13);10H,6-7H2,1-3H3/t12-;;;;;;;;;/m0........./s1. The summed E-state index contributed by atoms with van der Waals surface area (Å²) in [6, 6.07) is 5.33. The Bertz CT molecular complexity index is 5010. The first kappa shape index (κ1) is 135. The third-order valence-corrected chi connectivity index (χ3v) is 25.6. The topological polar surface area (TPSA) is 275 Å². The molecule has 1 aromatic heterocycles. The van der Waals surface area contributed by atoms with Gasteiger partial charge in [0, 0.05) is 173 Å². The van der Waals surface area contributed by atoms with E-state index in [-0.39, 0.29) is 128 Å². The number of nitrogens with zero attached hydrogens (tertiary/aromatic N) is 6. The number of nitrogens with two attached hydrogens (primary N) is 1. The average Bonchev–Trinajstić information content (AvgIpc) is 1.38. The molecule has 812 valence electrons. The molecular formula is C116H191F3N7O14PS2. The number of sulfone groups is 1. The Morgan fingerprint density at radius 1 is 0.517 bits per heavy atom. The quantitative estimate of drug-likeness (QED) is 0.0782. The largest absolute Gasteiger partial charge is 0.469 e. The molecule has 10 rings (SSSR count). The van der Waals surface area contributed by atoms with Crippen LogP contribution < -0.4 is 5.73 Å². The second-order valence-corrected chi connectivity index (χ2v) is 57.5. The molecule has 27 heteroatoms. The maximum atomic E-state index is 13.9. The molecule has 0 aromatic carbocycles. The van der Waals surface area contributed by atoms with Gasteiger partial charge in [0.05, 0.1) is 66.9 Å². The number of aliphatic hydroxyl groups is 2. The summed E-state index contributed by atoms with van der Waals surface area (Å²) < 4.78 is 105. The van der Waals surface area contributed by atoms with E-state index in [4.69, 9.17) is 29.7 Å². The van der Waals surface area contributed by atoms with Crippen molar-refractivity contribution in [2.75, 3.05) is 141 Å². The zero-order chi connectivity index (χ0) is 111. The first-order valence-electron chi connectivity index (χ1n) is 50.9. The summed E-state index contributed by atoms with van der Waals surface area (Å²) in [6.07, 6.45) is 5.70. The Balaban J connectivity index is 0.000000795. The number of carbonyl (C=O) groups is 2. The number of likely N-dealkylation sites (tertiary alicyclic amines) is 4. The highest BCUT2D eigenvalue weighted by atomic mass is 32.2. The molecule has 0 unspecified atom stereocenters. The maximum absolute atomic E-state index is 13.9. The van der Waals surface area contributed by atoms with Gasteiger partial charge in [-0.3, -0.25) is 37.9 Å². The van der Waals surface area contributed by atoms with Gasteiger partial charge < -0.3 is 44.8 Å². The number of esters is 1. The van der Waals surface area contributed by atoms with Gasteiger partial charge in [0.25, 0.3) is 0 Å². The summed E-state index contributed by atoms with van der Waals surface area (Å²) in [7, 11) is -8.17. The van der Waals surface area contributed by atoms with Crippen LogP contribution in [-0.2, 0) is 53.5 Å². The van der Waals surface area contributed by atoms with Gasteiger partial charge in [0.1, 0.15) is 29.5 Å². The Hall–Kier alpha value is -6.23. The number of halogens is 3. The van der Waals surface area contributed by atoms with Gasteiger partial charge in [0.15, 0.2) is 21.2 Å². The molecule has 6 N–H and O–H groups in total. The van der Waals surface area contributed by atoms with Gasteiger partial charge in [-0.25, -0.2) is 31.1 Å². The summed E-state index contributed by atoms with van der Waals surface area (Å²) >= 11 is 0. The molecule has 143 heavy (non-hydrogen) atoms. The molecule has 21 nitrogen and oxygen atoms in total. The van der Waals surface area contributed by atoms with Gasteiger partial charge in [-0.1, -0.05) is 127 Å². The van der Waals surface area contributed by atoms with Crippen LogP contribution >= 0.6 is 7.82 Å². The summed E-state index contributed by atoms with van der Waals surface area (Å²) in [6.45, 7) is 95.1. The van der Waals surface area contributed by atoms with Gasteiger partial charge in [-0.2, -0.15) is 0 Å². The third-order valence-electron chi connectivity index (χ3n) is 21.9. The lowest BCUT2D eigenvalue weighted by molar-refractivity contribution is -0.148. The fraction of sp³-hybridized carbons (Fsp3) is 0.784. The minimum absolute atomic E-state index is 0.0307. The minimum atomic E-state index is -4.39. The van der Waals surface area contributed by atoms with E-state index in [1.54, 1.807) is 13.8 Å². The fourth-order valence-electron chi connectivity index (χ4n) is 12.8. The first-order valence-corrected chi connectivity index (χ1v) is 55.7. The molecule has 1 aromatic rings. The van der Waals surface area contributed by atoms with Crippen molar-refractivity contribution in [3.05, 3.63) is 29.6 Å². The molecule has 8 aliphatic heterocycles. The fourth-order valence-corrected chi connectivity index (χ4v) is 16.0. The van der Waals surface area contributed by atoms with E-state index in [1.807, 2.05) is 184 Å². The third kappa shape index (κ3) is 64.7. The van der Waals surface area contributed by atoms with E-state index in [0.717, 1.165) is 69.9 Å². The molecule has 9 aliphatic rings. The number of hydrogen-bond donors (Lipinski definition) is 5. The number of rotatable bonds is 11. The highest BCUT2D eigenvalue weighted by Crippen LogP contribution is 2.44. The highest BCUT2D eigenvalue weighted by Gasteiger charge is 2.49. The predicted octanol–water partition coefficient (Wildman–Crippen LogP) is 19.3. The molecule has 9 fully saturated rings. The second-order valence-electron chi connectivity index (χ2n) is 52.5. The number of carbonyl (C=O) groups excluding carboxylic acids is 2. The molecule has 0 radical (unpaired) electrons. The monoisotopic (exact) mass is 2060 g/mol. The van der Waals surface area contributed by atoms with Crippen molar-refractivity contribution < 1.29 is 78.7 Å². The number of morpholine rings is 1. The number of pyridine rings is 1. The second kappa shape index (κ2) is 54.5. The molecule has 1 atom stereocenters. The van der Waals surface area contributed by atoms with Crippen molar-refractivity contribution in [3.8, 4) is 107 Å².